The summed E-state index contributed by atoms with van der Waals surface area (Å²) in [5, 5.41) is 9.14. The minimum absolute atomic E-state index is 0.139. The summed E-state index contributed by atoms with van der Waals surface area (Å²) in [5.74, 6) is 0.257. The van der Waals surface area contributed by atoms with Gasteiger partial charge in [0.15, 0.2) is 0 Å². The van der Waals surface area contributed by atoms with Gasteiger partial charge in [-0.15, -0.1) is 0 Å². The van der Waals surface area contributed by atoms with Crippen molar-refractivity contribution in [2.24, 2.45) is 0 Å². The van der Waals surface area contributed by atoms with Crippen LogP contribution in [0.1, 0.15) is 12.7 Å². The SMILES string of the molecule is CC(Sc1ccccn1)C(=O)NCc1n[nH]c(=O)[nH]1. The van der Waals surface area contributed by atoms with Crippen molar-refractivity contribution >= 4 is 17.7 Å². The van der Waals surface area contributed by atoms with Gasteiger partial charge in [0.25, 0.3) is 0 Å². The van der Waals surface area contributed by atoms with Crippen molar-refractivity contribution < 1.29 is 4.79 Å². The van der Waals surface area contributed by atoms with Crippen LogP contribution in [0.5, 0.6) is 0 Å². The molecule has 0 radical (unpaired) electrons. The second-order valence-corrected chi connectivity index (χ2v) is 5.13. The number of hydrogen-bond donors (Lipinski definition) is 3. The first kappa shape index (κ1) is 13.3. The van der Waals surface area contributed by atoms with Gasteiger partial charge in [-0.3, -0.25) is 9.78 Å². The number of nitrogens with zero attached hydrogens (tertiary/aromatic N) is 2. The third-order valence-electron chi connectivity index (χ3n) is 2.28. The van der Waals surface area contributed by atoms with Crippen molar-refractivity contribution in [3.8, 4) is 0 Å². The zero-order valence-electron chi connectivity index (χ0n) is 10.2. The van der Waals surface area contributed by atoms with Gasteiger partial charge in [0, 0.05) is 6.20 Å². The van der Waals surface area contributed by atoms with E-state index in [-0.39, 0.29) is 23.4 Å². The van der Waals surface area contributed by atoms with Crippen LogP contribution in [0.3, 0.4) is 0 Å². The summed E-state index contributed by atoms with van der Waals surface area (Å²) < 4.78 is 0. The number of thioether (sulfide) groups is 1. The monoisotopic (exact) mass is 279 g/mol. The maximum absolute atomic E-state index is 11.8. The second kappa shape index (κ2) is 6.19. The van der Waals surface area contributed by atoms with E-state index in [4.69, 9.17) is 0 Å². The van der Waals surface area contributed by atoms with Gasteiger partial charge in [-0.2, -0.15) is 5.10 Å². The van der Waals surface area contributed by atoms with Crippen molar-refractivity contribution in [2.45, 2.75) is 23.7 Å². The van der Waals surface area contributed by atoms with E-state index >= 15 is 0 Å². The van der Waals surface area contributed by atoms with Gasteiger partial charge >= 0.3 is 5.69 Å². The molecule has 8 heteroatoms. The fraction of sp³-hybridized carbons (Fsp3) is 0.273. The summed E-state index contributed by atoms with van der Waals surface area (Å²) in [7, 11) is 0. The highest BCUT2D eigenvalue weighted by molar-refractivity contribution is 8.00. The second-order valence-electron chi connectivity index (χ2n) is 3.77. The Hall–Kier alpha value is -2.09. The van der Waals surface area contributed by atoms with Gasteiger partial charge in [-0.1, -0.05) is 17.8 Å². The topological polar surface area (TPSA) is 104 Å². The Morgan fingerprint density at radius 3 is 3.00 bits per heavy atom. The number of carbonyl (C=O) groups is 1. The molecule has 100 valence electrons. The van der Waals surface area contributed by atoms with Crippen LogP contribution in [0.15, 0.2) is 34.2 Å². The summed E-state index contributed by atoms with van der Waals surface area (Å²) >= 11 is 1.37. The number of aromatic amines is 2. The molecule has 1 unspecified atom stereocenters. The molecule has 0 bridgehead atoms. The lowest BCUT2D eigenvalue weighted by molar-refractivity contribution is -0.120. The van der Waals surface area contributed by atoms with Crippen molar-refractivity contribution in [3.05, 3.63) is 40.7 Å². The Kier molecular flexibility index (Phi) is 4.35. The average molecular weight is 279 g/mol. The number of hydrogen-bond acceptors (Lipinski definition) is 5. The molecule has 2 aromatic rings. The van der Waals surface area contributed by atoms with Crippen LogP contribution in [0.4, 0.5) is 0 Å². The van der Waals surface area contributed by atoms with E-state index in [1.54, 1.807) is 13.1 Å². The molecule has 0 aliphatic heterocycles. The molecule has 3 N–H and O–H groups in total. The van der Waals surface area contributed by atoms with Crippen molar-refractivity contribution in [3.63, 3.8) is 0 Å². The molecule has 2 heterocycles. The van der Waals surface area contributed by atoms with Crippen LogP contribution in [-0.2, 0) is 11.3 Å². The van der Waals surface area contributed by atoms with Crippen molar-refractivity contribution in [1.82, 2.24) is 25.5 Å². The number of amides is 1. The molecule has 0 spiro atoms. The molecular weight excluding hydrogens is 266 g/mol. The largest absolute Gasteiger partial charge is 0.348 e. The molecule has 1 amide bonds. The van der Waals surface area contributed by atoms with E-state index in [0.29, 0.717) is 5.82 Å². The van der Waals surface area contributed by atoms with E-state index in [1.807, 2.05) is 18.2 Å². The van der Waals surface area contributed by atoms with Gasteiger partial charge in [0.1, 0.15) is 5.82 Å². The van der Waals surface area contributed by atoms with Crippen LogP contribution >= 0.6 is 11.8 Å². The summed E-state index contributed by atoms with van der Waals surface area (Å²) in [4.78, 5) is 29.3. The summed E-state index contributed by atoms with van der Waals surface area (Å²) in [6.45, 7) is 1.98. The molecule has 1 atom stereocenters. The minimum Gasteiger partial charge on any atom is -0.348 e. The lowest BCUT2D eigenvalue weighted by atomic mass is 10.4. The standard InChI is InChI=1S/C11H13N5O2S/c1-7(19-9-4-2-3-5-12-9)10(17)13-6-8-14-11(18)16-15-8/h2-5,7H,6H2,1H3,(H,13,17)(H2,14,15,16,18). The Morgan fingerprint density at radius 1 is 1.53 bits per heavy atom. The maximum atomic E-state index is 11.8. The van der Waals surface area contributed by atoms with Gasteiger partial charge in [0.05, 0.1) is 16.8 Å². The molecule has 0 saturated carbocycles. The molecule has 0 saturated heterocycles. The van der Waals surface area contributed by atoms with Gasteiger partial charge in [-0.05, 0) is 19.1 Å². The zero-order chi connectivity index (χ0) is 13.7. The summed E-state index contributed by atoms with van der Waals surface area (Å²) in [6, 6.07) is 5.54. The Labute approximate surface area is 113 Å². The van der Waals surface area contributed by atoms with E-state index in [9.17, 15) is 9.59 Å². The van der Waals surface area contributed by atoms with Gasteiger partial charge in [-0.25, -0.2) is 14.9 Å². The average Bonchev–Trinajstić information content (AvgIpc) is 2.83. The first-order chi connectivity index (χ1) is 9.15. The van der Waals surface area contributed by atoms with E-state index < -0.39 is 0 Å². The molecule has 0 aromatic carbocycles. The lowest BCUT2D eigenvalue weighted by Crippen LogP contribution is -2.30. The van der Waals surface area contributed by atoms with E-state index in [0.717, 1.165) is 5.03 Å². The van der Waals surface area contributed by atoms with Crippen LogP contribution in [0, 0.1) is 0 Å². The summed E-state index contributed by atoms with van der Waals surface area (Å²) in [6.07, 6.45) is 1.68. The number of rotatable bonds is 5. The predicted octanol–water partition coefficient (Wildman–Crippen LogP) is 0.290. The van der Waals surface area contributed by atoms with Gasteiger partial charge in [0.2, 0.25) is 5.91 Å². The summed E-state index contributed by atoms with van der Waals surface area (Å²) in [5.41, 5.74) is -0.389. The Balaban J connectivity index is 1.84. The molecule has 0 aliphatic rings. The van der Waals surface area contributed by atoms with Crippen molar-refractivity contribution in [2.75, 3.05) is 0 Å². The maximum Gasteiger partial charge on any atom is 0.340 e. The number of nitrogens with one attached hydrogen (secondary N) is 3. The molecule has 0 aliphatic carbocycles. The van der Waals surface area contributed by atoms with Crippen molar-refractivity contribution in [1.29, 1.82) is 0 Å². The highest BCUT2D eigenvalue weighted by Gasteiger charge is 2.14. The highest BCUT2D eigenvalue weighted by Crippen LogP contribution is 2.20. The minimum atomic E-state index is -0.389. The quantitative estimate of drug-likeness (QED) is 0.682. The molecule has 7 nitrogen and oxygen atoms in total. The van der Waals surface area contributed by atoms with E-state index in [2.05, 4.69) is 25.5 Å². The molecular formula is C11H13N5O2S. The first-order valence-corrected chi connectivity index (χ1v) is 6.52. The number of pyridine rings is 1. The molecule has 2 rings (SSSR count). The molecule has 2 aromatic heterocycles. The van der Waals surface area contributed by atoms with E-state index in [1.165, 1.54) is 11.8 Å². The fourth-order valence-electron chi connectivity index (χ4n) is 1.35. The number of H-pyrrole nitrogens is 2. The Bertz CT molecular complexity index is 594. The fourth-order valence-corrected chi connectivity index (χ4v) is 2.19. The zero-order valence-corrected chi connectivity index (χ0v) is 11.0. The number of aromatic nitrogens is 4. The Morgan fingerprint density at radius 2 is 2.37 bits per heavy atom. The third-order valence-corrected chi connectivity index (χ3v) is 3.34. The van der Waals surface area contributed by atoms with Gasteiger partial charge < -0.3 is 5.32 Å². The highest BCUT2D eigenvalue weighted by atomic mass is 32.2. The molecule has 19 heavy (non-hydrogen) atoms. The third kappa shape index (κ3) is 3.95. The smallest absolute Gasteiger partial charge is 0.340 e. The van der Waals surface area contributed by atoms with Crippen LogP contribution < -0.4 is 11.0 Å². The van der Waals surface area contributed by atoms with Crippen LogP contribution in [0.25, 0.3) is 0 Å². The first-order valence-electron chi connectivity index (χ1n) is 5.64. The predicted molar refractivity (Wildman–Crippen MR) is 70.6 cm³/mol. The normalized spacial score (nSPS) is 12.1. The van der Waals surface area contributed by atoms with Crippen LogP contribution in [-0.4, -0.2) is 31.3 Å². The molecule has 0 fully saturated rings. The lowest BCUT2D eigenvalue weighted by Gasteiger charge is -2.10. The number of carbonyl (C=O) groups excluding carboxylic acids is 1. The van der Waals surface area contributed by atoms with Crippen LogP contribution in [0.2, 0.25) is 0 Å².